The number of rotatable bonds is 9. The van der Waals surface area contributed by atoms with Crippen LogP contribution in [0.1, 0.15) is 43.7 Å². The van der Waals surface area contributed by atoms with Crippen molar-refractivity contribution in [3.05, 3.63) is 62.6 Å². The highest BCUT2D eigenvalue weighted by Gasteiger charge is 2.32. The Labute approximate surface area is 227 Å². The molecular formula is C25H30Cl3N3O4S. The molecule has 0 saturated heterocycles. The second-order valence-corrected chi connectivity index (χ2v) is 12.2. The quantitative estimate of drug-likeness (QED) is 0.446. The molecule has 7 nitrogen and oxygen atoms in total. The van der Waals surface area contributed by atoms with Crippen LogP contribution in [0.2, 0.25) is 15.1 Å². The number of carbonyl (C=O) groups excluding carboxylic acids is 2. The van der Waals surface area contributed by atoms with E-state index in [2.05, 4.69) is 5.32 Å². The maximum Gasteiger partial charge on any atom is 0.244 e. The SMILES string of the molecule is Cc1ccc(N(CC(=O)N(Cc2c(Cl)cccc2Cl)[C@H](C)C(=O)NC2CCCC2)S(C)(=O)=O)cc1Cl. The van der Waals surface area contributed by atoms with Crippen LogP contribution < -0.4 is 9.62 Å². The normalized spacial score (nSPS) is 14.9. The third-order valence-corrected chi connectivity index (χ3v) is 8.64. The summed E-state index contributed by atoms with van der Waals surface area (Å²) >= 11 is 18.9. The summed E-state index contributed by atoms with van der Waals surface area (Å²) in [5.41, 5.74) is 1.49. The lowest BCUT2D eigenvalue weighted by Crippen LogP contribution is -2.52. The zero-order valence-corrected chi connectivity index (χ0v) is 23.5. The van der Waals surface area contributed by atoms with E-state index in [0.29, 0.717) is 20.6 Å². The van der Waals surface area contributed by atoms with Crippen molar-refractivity contribution in [2.75, 3.05) is 17.1 Å². The number of carbonyl (C=O) groups is 2. The number of sulfonamides is 1. The van der Waals surface area contributed by atoms with E-state index in [1.54, 1.807) is 44.2 Å². The number of amides is 2. The van der Waals surface area contributed by atoms with Crippen molar-refractivity contribution in [3.63, 3.8) is 0 Å². The first-order valence-electron chi connectivity index (χ1n) is 11.6. The van der Waals surface area contributed by atoms with E-state index in [9.17, 15) is 18.0 Å². The fourth-order valence-electron chi connectivity index (χ4n) is 4.18. The highest BCUT2D eigenvalue weighted by atomic mass is 35.5. The summed E-state index contributed by atoms with van der Waals surface area (Å²) in [5.74, 6) is -0.898. The van der Waals surface area contributed by atoms with Crippen molar-refractivity contribution in [1.82, 2.24) is 10.2 Å². The van der Waals surface area contributed by atoms with Gasteiger partial charge in [0, 0.05) is 33.2 Å². The molecule has 1 atom stereocenters. The zero-order valence-electron chi connectivity index (χ0n) is 20.4. The molecule has 1 N–H and O–H groups in total. The Morgan fingerprint density at radius 2 is 1.67 bits per heavy atom. The molecule has 1 aliphatic carbocycles. The largest absolute Gasteiger partial charge is 0.352 e. The average molecular weight is 575 g/mol. The summed E-state index contributed by atoms with van der Waals surface area (Å²) in [6.07, 6.45) is 4.87. The molecule has 0 bridgehead atoms. The predicted molar refractivity (Wildman–Crippen MR) is 145 cm³/mol. The Morgan fingerprint density at radius 3 is 2.22 bits per heavy atom. The van der Waals surface area contributed by atoms with Gasteiger partial charge in [-0.15, -0.1) is 0 Å². The molecule has 196 valence electrons. The number of hydrogen-bond donors (Lipinski definition) is 1. The molecule has 0 spiro atoms. The smallest absolute Gasteiger partial charge is 0.244 e. The van der Waals surface area contributed by atoms with Gasteiger partial charge in [0.25, 0.3) is 0 Å². The lowest BCUT2D eigenvalue weighted by molar-refractivity contribution is -0.139. The van der Waals surface area contributed by atoms with Gasteiger partial charge in [-0.3, -0.25) is 13.9 Å². The molecule has 0 aliphatic heterocycles. The van der Waals surface area contributed by atoms with Crippen LogP contribution >= 0.6 is 34.8 Å². The Bertz CT molecular complexity index is 1210. The first kappa shape index (κ1) is 28.6. The second-order valence-electron chi connectivity index (χ2n) is 9.09. The molecule has 1 saturated carbocycles. The van der Waals surface area contributed by atoms with Crippen molar-refractivity contribution in [2.24, 2.45) is 0 Å². The minimum Gasteiger partial charge on any atom is -0.352 e. The monoisotopic (exact) mass is 573 g/mol. The number of aryl methyl sites for hydroxylation is 1. The van der Waals surface area contributed by atoms with Crippen LogP contribution in [0.5, 0.6) is 0 Å². The lowest BCUT2D eigenvalue weighted by atomic mass is 10.1. The van der Waals surface area contributed by atoms with Gasteiger partial charge in [0.1, 0.15) is 12.6 Å². The predicted octanol–water partition coefficient (Wildman–Crippen LogP) is 5.20. The summed E-state index contributed by atoms with van der Waals surface area (Å²) in [7, 11) is -3.86. The van der Waals surface area contributed by atoms with Crippen LogP contribution in [-0.4, -0.2) is 50.0 Å². The summed E-state index contributed by atoms with van der Waals surface area (Å²) in [4.78, 5) is 28.1. The molecule has 3 rings (SSSR count). The van der Waals surface area contributed by atoms with Crippen LogP contribution in [0.15, 0.2) is 36.4 Å². The number of benzene rings is 2. The van der Waals surface area contributed by atoms with E-state index in [1.165, 1.54) is 11.0 Å². The Kier molecular flexibility index (Phi) is 9.55. The highest BCUT2D eigenvalue weighted by molar-refractivity contribution is 7.92. The van der Waals surface area contributed by atoms with Crippen LogP contribution in [0.3, 0.4) is 0 Å². The fourth-order valence-corrected chi connectivity index (χ4v) is 5.71. The van der Waals surface area contributed by atoms with Gasteiger partial charge in [0.15, 0.2) is 0 Å². The number of nitrogens with zero attached hydrogens (tertiary/aromatic N) is 2. The molecule has 0 aromatic heterocycles. The first-order chi connectivity index (χ1) is 16.9. The van der Waals surface area contributed by atoms with Crippen molar-refractivity contribution < 1.29 is 18.0 Å². The van der Waals surface area contributed by atoms with Gasteiger partial charge in [0.05, 0.1) is 11.9 Å². The van der Waals surface area contributed by atoms with E-state index in [0.717, 1.165) is 41.8 Å². The second kappa shape index (κ2) is 12.0. The lowest BCUT2D eigenvalue weighted by Gasteiger charge is -2.32. The third kappa shape index (κ3) is 7.06. The molecule has 1 fully saturated rings. The van der Waals surface area contributed by atoms with E-state index < -0.39 is 28.5 Å². The number of anilines is 1. The van der Waals surface area contributed by atoms with Gasteiger partial charge in [-0.05, 0) is 56.5 Å². The van der Waals surface area contributed by atoms with Crippen LogP contribution in [0.4, 0.5) is 5.69 Å². The molecule has 1 aliphatic rings. The Hall–Kier alpha value is -2.00. The summed E-state index contributed by atoms with van der Waals surface area (Å²) in [6, 6.07) is 8.90. The molecule has 36 heavy (non-hydrogen) atoms. The van der Waals surface area contributed by atoms with Crippen molar-refractivity contribution >= 4 is 62.3 Å². The van der Waals surface area contributed by atoms with E-state index in [4.69, 9.17) is 34.8 Å². The minimum atomic E-state index is -3.86. The maximum atomic E-state index is 13.7. The van der Waals surface area contributed by atoms with Gasteiger partial charge < -0.3 is 10.2 Å². The van der Waals surface area contributed by atoms with Gasteiger partial charge >= 0.3 is 0 Å². The summed E-state index contributed by atoms with van der Waals surface area (Å²) in [6.45, 7) is 2.81. The van der Waals surface area contributed by atoms with Crippen LogP contribution in [0.25, 0.3) is 0 Å². The minimum absolute atomic E-state index is 0.0584. The van der Waals surface area contributed by atoms with Crippen molar-refractivity contribution in [1.29, 1.82) is 0 Å². The Morgan fingerprint density at radius 1 is 1.06 bits per heavy atom. The summed E-state index contributed by atoms with van der Waals surface area (Å²) < 4.78 is 26.3. The molecule has 2 aromatic rings. The summed E-state index contributed by atoms with van der Waals surface area (Å²) in [5, 5.41) is 4.07. The van der Waals surface area contributed by atoms with Crippen LogP contribution in [0, 0.1) is 6.92 Å². The topological polar surface area (TPSA) is 86.8 Å². The van der Waals surface area contributed by atoms with Crippen molar-refractivity contribution in [3.8, 4) is 0 Å². The molecule has 2 aromatic carbocycles. The molecular weight excluding hydrogens is 545 g/mol. The molecule has 11 heteroatoms. The van der Waals surface area contributed by atoms with Gasteiger partial charge in [-0.25, -0.2) is 8.42 Å². The van der Waals surface area contributed by atoms with Gasteiger partial charge in [0.2, 0.25) is 21.8 Å². The van der Waals surface area contributed by atoms with Gasteiger partial charge in [-0.1, -0.05) is 59.8 Å². The third-order valence-electron chi connectivity index (χ3n) is 6.38. The molecule has 0 unspecified atom stereocenters. The van der Waals surface area contributed by atoms with Crippen molar-refractivity contribution in [2.45, 2.75) is 58.2 Å². The number of halogens is 3. The fraction of sp³-hybridized carbons (Fsp3) is 0.440. The van der Waals surface area contributed by atoms with E-state index in [-0.39, 0.29) is 24.2 Å². The number of nitrogens with one attached hydrogen (secondary N) is 1. The molecule has 0 heterocycles. The zero-order chi connectivity index (χ0) is 26.6. The molecule has 2 amide bonds. The van der Waals surface area contributed by atoms with Crippen LogP contribution in [-0.2, 0) is 26.2 Å². The van der Waals surface area contributed by atoms with E-state index in [1.807, 2.05) is 0 Å². The highest BCUT2D eigenvalue weighted by Crippen LogP contribution is 2.28. The van der Waals surface area contributed by atoms with Gasteiger partial charge in [-0.2, -0.15) is 0 Å². The first-order valence-corrected chi connectivity index (χ1v) is 14.6. The standard InChI is InChI=1S/C25H30Cl3N3O4S/c1-16-11-12-19(13-23(16)28)31(36(3,34)35)15-24(32)30(14-20-21(26)9-6-10-22(20)27)17(2)25(33)29-18-7-4-5-8-18/h6,9-13,17-18H,4-5,7-8,14-15H2,1-3H3,(H,29,33)/t17-/m1/s1. The maximum absolute atomic E-state index is 13.7. The van der Waals surface area contributed by atoms with E-state index >= 15 is 0 Å². The Balaban J connectivity index is 1.94. The molecule has 0 radical (unpaired) electrons. The number of hydrogen-bond acceptors (Lipinski definition) is 4. The average Bonchev–Trinajstić information content (AvgIpc) is 3.31.